The lowest BCUT2D eigenvalue weighted by Gasteiger charge is -2.32. The zero-order valence-corrected chi connectivity index (χ0v) is 16.3. The number of carbonyl (C=O) groups excluding carboxylic acids is 2. The third kappa shape index (κ3) is 4.67. The van der Waals surface area contributed by atoms with Crippen LogP contribution in [0.4, 0.5) is 8.78 Å². The number of pyridine rings is 1. The predicted octanol–water partition coefficient (Wildman–Crippen LogP) is 3.36. The van der Waals surface area contributed by atoms with Gasteiger partial charge in [-0.25, -0.2) is 13.8 Å². The number of rotatable bonds is 5. The van der Waals surface area contributed by atoms with Crippen molar-refractivity contribution in [2.45, 2.75) is 17.9 Å². The number of halogens is 2. The summed E-state index contributed by atoms with van der Waals surface area (Å²) in [6.07, 6.45) is 5.04. The first-order valence-corrected chi connectivity index (χ1v) is 10.2. The van der Waals surface area contributed by atoms with Crippen molar-refractivity contribution < 1.29 is 18.4 Å². The Morgan fingerprint density at radius 1 is 1.21 bits per heavy atom. The lowest BCUT2D eigenvalue weighted by atomic mass is 9.96. The average molecular weight is 405 g/mol. The van der Waals surface area contributed by atoms with Crippen LogP contribution < -0.4 is 5.32 Å². The minimum atomic E-state index is -0.876. The van der Waals surface area contributed by atoms with Crippen molar-refractivity contribution in [3.63, 3.8) is 0 Å². The molecule has 0 atom stereocenters. The summed E-state index contributed by atoms with van der Waals surface area (Å²) < 4.78 is 26.6. The van der Waals surface area contributed by atoms with Crippen LogP contribution in [0.5, 0.6) is 0 Å². The summed E-state index contributed by atoms with van der Waals surface area (Å²) in [5, 5.41) is 3.42. The van der Waals surface area contributed by atoms with Gasteiger partial charge in [-0.1, -0.05) is 0 Å². The number of nitrogens with zero attached hydrogens (tertiary/aromatic N) is 2. The van der Waals surface area contributed by atoms with Crippen LogP contribution in [0.1, 0.15) is 33.6 Å². The van der Waals surface area contributed by atoms with E-state index in [1.54, 1.807) is 23.2 Å². The van der Waals surface area contributed by atoms with Gasteiger partial charge < -0.3 is 10.2 Å². The van der Waals surface area contributed by atoms with Crippen molar-refractivity contribution in [3.8, 4) is 0 Å². The number of carbonyl (C=O) groups is 2. The van der Waals surface area contributed by atoms with Crippen molar-refractivity contribution >= 4 is 23.6 Å². The van der Waals surface area contributed by atoms with E-state index in [-0.39, 0.29) is 17.4 Å². The largest absolute Gasteiger partial charge is 0.352 e. The predicted molar refractivity (Wildman–Crippen MR) is 103 cm³/mol. The molecule has 1 aromatic heterocycles. The molecule has 1 fully saturated rings. The van der Waals surface area contributed by atoms with Crippen LogP contribution in [-0.4, -0.2) is 47.6 Å². The van der Waals surface area contributed by atoms with Crippen molar-refractivity contribution in [1.29, 1.82) is 0 Å². The summed E-state index contributed by atoms with van der Waals surface area (Å²) >= 11 is 1.44. The van der Waals surface area contributed by atoms with E-state index in [4.69, 9.17) is 0 Å². The maximum Gasteiger partial charge on any atom is 0.256 e. The molecule has 2 heterocycles. The first-order chi connectivity index (χ1) is 13.5. The van der Waals surface area contributed by atoms with Crippen LogP contribution in [0.15, 0.2) is 41.6 Å². The molecular formula is C20H21F2N3O2S. The Morgan fingerprint density at radius 2 is 1.96 bits per heavy atom. The zero-order chi connectivity index (χ0) is 20.1. The van der Waals surface area contributed by atoms with Crippen LogP contribution in [0.25, 0.3) is 0 Å². The molecule has 0 aliphatic carbocycles. The highest BCUT2D eigenvalue weighted by Gasteiger charge is 2.25. The number of aromatic nitrogens is 1. The summed E-state index contributed by atoms with van der Waals surface area (Å²) in [6, 6.07) is 6.43. The number of hydrogen-bond acceptors (Lipinski definition) is 4. The van der Waals surface area contributed by atoms with Crippen LogP contribution in [0.3, 0.4) is 0 Å². The molecule has 8 heteroatoms. The molecule has 5 nitrogen and oxygen atoms in total. The Balaban J connectivity index is 1.51. The molecule has 2 aromatic rings. The van der Waals surface area contributed by atoms with E-state index in [0.717, 1.165) is 25.0 Å². The van der Waals surface area contributed by atoms with E-state index in [9.17, 15) is 18.4 Å². The molecule has 1 aliphatic heterocycles. The van der Waals surface area contributed by atoms with Crippen LogP contribution in [-0.2, 0) is 0 Å². The first-order valence-electron chi connectivity index (χ1n) is 9.01. The SMILES string of the molecule is CSc1ncccc1C(=O)N1CCC(CNC(=O)c2ccc(F)cc2F)CC1. The fourth-order valence-electron chi connectivity index (χ4n) is 3.23. The minimum Gasteiger partial charge on any atom is -0.352 e. The van der Waals surface area contributed by atoms with Crippen molar-refractivity contribution in [1.82, 2.24) is 15.2 Å². The van der Waals surface area contributed by atoms with Crippen LogP contribution in [0, 0.1) is 17.6 Å². The van der Waals surface area contributed by atoms with Crippen LogP contribution in [0.2, 0.25) is 0 Å². The molecule has 0 saturated carbocycles. The number of amides is 2. The van der Waals surface area contributed by atoms with Gasteiger partial charge in [0.25, 0.3) is 11.8 Å². The number of hydrogen-bond donors (Lipinski definition) is 1. The fraction of sp³-hybridized carbons (Fsp3) is 0.350. The molecule has 1 N–H and O–H groups in total. The molecule has 0 bridgehead atoms. The number of thioether (sulfide) groups is 1. The number of nitrogens with one attached hydrogen (secondary N) is 1. The molecule has 2 amide bonds. The van der Waals surface area contributed by atoms with Crippen molar-refractivity contribution in [3.05, 3.63) is 59.3 Å². The topological polar surface area (TPSA) is 62.3 Å². The zero-order valence-electron chi connectivity index (χ0n) is 15.5. The van der Waals surface area contributed by atoms with Gasteiger partial charge in [0.05, 0.1) is 11.1 Å². The Kier molecular flexibility index (Phi) is 6.61. The second-order valence-corrected chi connectivity index (χ2v) is 7.42. The van der Waals surface area contributed by atoms with Gasteiger partial charge in [0.2, 0.25) is 0 Å². The summed E-state index contributed by atoms with van der Waals surface area (Å²) in [5.74, 6) is -1.99. The monoisotopic (exact) mass is 405 g/mol. The number of likely N-dealkylation sites (tertiary alicyclic amines) is 1. The average Bonchev–Trinajstić information content (AvgIpc) is 2.72. The molecule has 1 aliphatic rings. The highest BCUT2D eigenvalue weighted by atomic mass is 32.2. The summed E-state index contributed by atoms with van der Waals surface area (Å²) in [4.78, 5) is 30.9. The van der Waals surface area contributed by atoms with Crippen molar-refractivity contribution in [2.24, 2.45) is 5.92 Å². The molecule has 0 spiro atoms. The van der Waals surface area contributed by atoms with Gasteiger partial charge in [-0.3, -0.25) is 9.59 Å². The van der Waals surface area contributed by atoms with E-state index >= 15 is 0 Å². The van der Waals surface area contributed by atoms with Gasteiger partial charge in [-0.2, -0.15) is 0 Å². The maximum atomic E-state index is 13.7. The van der Waals surface area contributed by atoms with Gasteiger partial charge >= 0.3 is 0 Å². The van der Waals surface area contributed by atoms with Gasteiger partial charge in [0.1, 0.15) is 16.7 Å². The summed E-state index contributed by atoms with van der Waals surface area (Å²) in [7, 11) is 0. The van der Waals surface area contributed by atoms with E-state index in [2.05, 4.69) is 10.3 Å². The van der Waals surface area contributed by atoms with E-state index in [1.807, 2.05) is 6.26 Å². The molecule has 28 heavy (non-hydrogen) atoms. The molecule has 0 radical (unpaired) electrons. The maximum absolute atomic E-state index is 13.7. The third-order valence-electron chi connectivity index (χ3n) is 4.82. The Bertz CT molecular complexity index is 870. The Labute approximate surface area is 166 Å². The second-order valence-electron chi connectivity index (χ2n) is 6.63. The molecule has 3 rings (SSSR count). The van der Waals surface area contributed by atoms with E-state index in [0.29, 0.717) is 36.3 Å². The Morgan fingerprint density at radius 3 is 2.64 bits per heavy atom. The Hall–Kier alpha value is -2.48. The minimum absolute atomic E-state index is 0.0340. The van der Waals surface area contributed by atoms with Crippen molar-refractivity contribution in [2.75, 3.05) is 25.9 Å². The van der Waals surface area contributed by atoms with E-state index < -0.39 is 17.5 Å². The van der Waals surface area contributed by atoms with Crippen LogP contribution >= 0.6 is 11.8 Å². The first kappa shape index (κ1) is 20.3. The van der Waals surface area contributed by atoms with Gasteiger partial charge in [-0.05, 0) is 49.3 Å². The highest BCUT2D eigenvalue weighted by molar-refractivity contribution is 7.98. The molecule has 1 aromatic carbocycles. The van der Waals surface area contributed by atoms with Gasteiger partial charge in [0.15, 0.2) is 0 Å². The molecular weight excluding hydrogens is 384 g/mol. The van der Waals surface area contributed by atoms with Gasteiger partial charge in [-0.15, -0.1) is 11.8 Å². The third-order valence-corrected chi connectivity index (χ3v) is 5.54. The summed E-state index contributed by atoms with van der Waals surface area (Å²) in [5.41, 5.74) is 0.434. The fourth-order valence-corrected chi connectivity index (χ4v) is 3.77. The summed E-state index contributed by atoms with van der Waals surface area (Å²) in [6.45, 7) is 1.57. The lowest BCUT2D eigenvalue weighted by Crippen LogP contribution is -2.41. The van der Waals surface area contributed by atoms with E-state index in [1.165, 1.54) is 11.8 Å². The smallest absolute Gasteiger partial charge is 0.256 e. The quantitative estimate of drug-likeness (QED) is 0.775. The molecule has 1 saturated heterocycles. The highest BCUT2D eigenvalue weighted by Crippen LogP contribution is 2.23. The second kappa shape index (κ2) is 9.14. The number of piperidine rings is 1. The molecule has 148 valence electrons. The number of benzene rings is 1. The standard InChI is InChI=1S/C20H21F2N3O2S/c1-28-19-16(3-2-8-23-19)20(27)25-9-6-13(7-10-25)12-24-18(26)15-5-4-14(21)11-17(15)22/h2-5,8,11,13H,6-7,9-10,12H2,1H3,(H,24,26). The lowest BCUT2D eigenvalue weighted by molar-refractivity contribution is 0.0680. The van der Waals surface area contributed by atoms with Gasteiger partial charge in [0, 0.05) is 31.9 Å². The normalized spacial score (nSPS) is 14.8. The molecule has 0 unspecified atom stereocenters.